The van der Waals surface area contributed by atoms with Crippen molar-refractivity contribution in [3.63, 3.8) is 0 Å². The van der Waals surface area contributed by atoms with Gasteiger partial charge in [-0.3, -0.25) is 4.79 Å². The molecule has 3 heterocycles. The lowest BCUT2D eigenvalue weighted by molar-refractivity contribution is -0.124. The van der Waals surface area contributed by atoms with Crippen molar-refractivity contribution in [2.24, 2.45) is 5.92 Å². The summed E-state index contributed by atoms with van der Waals surface area (Å²) >= 11 is 0. The van der Waals surface area contributed by atoms with E-state index in [1.54, 1.807) is 18.3 Å². The van der Waals surface area contributed by atoms with Crippen molar-refractivity contribution in [3.8, 4) is 17.3 Å². The summed E-state index contributed by atoms with van der Waals surface area (Å²) in [5.41, 5.74) is 0.659. The van der Waals surface area contributed by atoms with Crippen molar-refractivity contribution in [2.45, 2.75) is 19.9 Å². The number of hydrogen-bond donors (Lipinski definition) is 1. The summed E-state index contributed by atoms with van der Waals surface area (Å²) in [6.45, 7) is 2.45. The molecule has 9 nitrogen and oxygen atoms in total. The molecule has 1 aliphatic heterocycles. The highest BCUT2D eigenvalue weighted by Gasteiger charge is 2.32. The van der Waals surface area contributed by atoms with E-state index in [9.17, 15) is 13.2 Å². The van der Waals surface area contributed by atoms with Gasteiger partial charge in [-0.2, -0.15) is 4.98 Å². The van der Waals surface area contributed by atoms with Crippen LogP contribution in [0.15, 0.2) is 22.9 Å². The van der Waals surface area contributed by atoms with E-state index in [4.69, 9.17) is 9.26 Å². The van der Waals surface area contributed by atoms with E-state index >= 15 is 0 Å². The molecule has 134 valence electrons. The average molecular weight is 366 g/mol. The number of carbonyl (C=O) groups excluding carboxylic acids is 1. The summed E-state index contributed by atoms with van der Waals surface area (Å²) in [7, 11) is -3.09. The Balaban J connectivity index is 1.57. The van der Waals surface area contributed by atoms with E-state index in [0.717, 1.165) is 0 Å². The van der Waals surface area contributed by atoms with Crippen LogP contribution in [0.1, 0.15) is 19.2 Å². The molecule has 2 aromatic heterocycles. The van der Waals surface area contributed by atoms with Crippen LogP contribution >= 0.6 is 0 Å². The van der Waals surface area contributed by atoms with Gasteiger partial charge < -0.3 is 14.6 Å². The minimum Gasteiger partial charge on any atom is -0.478 e. The van der Waals surface area contributed by atoms with Crippen LogP contribution in [-0.2, 0) is 21.2 Å². The molecule has 0 saturated carbocycles. The lowest BCUT2D eigenvalue weighted by Gasteiger charge is -2.06. The Morgan fingerprint density at radius 1 is 1.44 bits per heavy atom. The lowest BCUT2D eigenvalue weighted by Crippen LogP contribution is -2.31. The fourth-order valence-electron chi connectivity index (χ4n) is 2.50. The van der Waals surface area contributed by atoms with Gasteiger partial charge in [0.05, 0.1) is 30.6 Å². The zero-order chi connectivity index (χ0) is 17.9. The predicted octanol–water partition coefficient (Wildman–Crippen LogP) is 0.581. The van der Waals surface area contributed by atoms with E-state index in [1.165, 1.54) is 0 Å². The number of amides is 1. The molecule has 0 spiro atoms. The van der Waals surface area contributed by atoms with E-state index in [2.05, 4.69) is 20.4 Å². The minimum atomic E-state index is -3.09. The second-order valence-corrected chi connectivity index (χ2v) is 7.88. The first kappa shape index (κ1) is 17.3. The van der Waals surface area contributed by atoms with Crippen LogP contribution < -0.4 is 10.1 Å². The summed E-state index contributed by atoms with van der Waals surface area (Å²) in [6, 6.07) is 3.46. The molecule has 2 aromatic rings. The summed E-state index contributed by atoms with van der Waals surface area (Å²) in [6.07, 6.45) is 1.92. The molecule has 25 heavy (non-hydrogen) atoms. The monoisotopic (exact) mass is 366 g/mol. The highest BCUT2D eigenvalue weighted by molar-refractivity contribution is 7.91. The number of nitrogens with one attached hydrogen (secondary N) is 1. The van der Waals surface area contributed by atoms with Crippen molar-refractivity contribution in [2.75, 3.05) is 18.1 Å². The van der Waals surface area contributed by atoms with Crippen molar-refractivity contribution >= 4 is 15.7 Å². The topological polar surface area (TPSA) is 124 Å². The fraction of sp³-hybridized carbons (Fsp3) is 0.467. The van der Waals surface area contributed by atoms with Crippen molar-refractivity contribution in [1.29, 1.82) is 0 Å². The standard InChI is InChI=1S/C15H18N4O5S/c1-2-23-12-4-3-10(7-16-12)14-18-13(24-19-14)8-17-15(20)11-5-6-25(21,22)9-11/h3-4,7,11H,2,5-6,8-9H2,1H3,(H,17,20)/t11-/m0/s1. The number of aromatic nitrogens is 3. The third-order valence-corrected chi connectivity index (χ3v) is 5.54. The molecule has 0 radical (unpaired) electrons. The fourth-order valence-corrected chi connectivity index (χ4v) is 4.24. The molecule has 1 N–H and O–H groups in total. The molecule has 1 atom stereocenters. The van der Waals surface area contributed by atoms with Gasteiger partial charge in [0, 0.05) is 17.8 Å². The summed E-state index contributed by atoms with van der Waals surface area (Å²) in [5.74, 6) is 0.216. The Morgan fingerprint density at radius 3 is 2.92 bits per heavy atom. The molecule has 0 bridgehead atoms. The number of ether oxygens (including phenoxy) is 1. The number of sulfone groups is 1. The molecule has 0 unspecified atom stereocenters. The third kappa shape index (κ3) is 4.32. The average Bonchev–Trinajstić information content (AvgIpc) is 3.20. The van der Waals surface area contributed by atoms with Gasteiger partial charge in [0.1, 0.15) is 0 Å². The number of rotatable bonds is 6. The Bertz CT molecular complexity index is 847. The predicted molar refractivity (Wildman–Crippen MR) is 87.3 cm³/mol. The maximum Gasteiger partial charge on any atom is 0.246 e. The van der Waals surface area contributed by atoms with Gasteiger partial charge in [-0.05, 0) is 19.4 Å². The molecule has 1 amide bonds. The van der Waals surface area contributed by atoms with Crippen LogP contribution in [0.3, 0.4) is 0 Å². The molecule has 1 fully saturated rings. The van der Waals surface area contributed by atoms with E-state index in [1.807, 2.05) is 6.92 Å². The normalized spacial score (nSPS) is 18.8. The first-order valence-electron chi connectivity index (χ1n) is 7.87. The Hall–Kier alpha value is -2.49. The van der Waals surface area contributed by atoms with Gasteiger partial charge in [0.25, 0.3) is 0 Å². The quantitative estimate of drug-likeness (QED) is 0.787. The van der Waals surface area contributed by atoms with E-state index in [0.29, 0.717) is 30.3 Å². The summed E-state index contributed by atoms with van der Waals surface area (Å²) in [5, 5.41) is 6.48. The SMILES string of the molecule is CCOc1ccc(-c2noc(CNC(=O)[C@H]3CCS(=O)(=O)C3)n2)cn1. The maximum atomic E-state index is 12.0. The van der Waals surface area contributed by atoms with Crippen molar-refractivity contribution in [1.82, 2.24) is 20.4 Å². The summed E-state index contributed by atoms with van der Waals surface area (Å²) < 4.78 is 33.2. The Morgan fingerprint density at radius 2 is 2.28 bits per heavy atom. The molecule has 1 aliphatic rings. The van der Waals surface area contributed by atoms with Gasteiger partial charge in [-0.1, -0.05) is 5.16 Å². The van der Waals surface area contributed by atoms with Gasteiger partial charge in [-0.15, -0.1) is 0 Å². The Kier molecular flexibility index (Phi) is 4.98. The molecule has 1 saturated heterocycles. The lowest BCUT2D eigenvalue weighted by atomic mass is 10.1. The first-order chi connectivity index (χ1) is 12.0. The number of carbonyl (C=O) groups is 1. The van der Waals surface area contributed by atoms with Gasteiger partial charge in [0.15, 0.2) is 9.84 Å². The number of pyridine rings is 1. The van der Waals surface area contributed by atoms with Crippen LogP contribution in [0, 0.1) is 5.92 Å². The van der Waals surface area contributed by atoms with Crippen LogP contribution in [-0.4, -0.2) is 47.6 Å². The highest BCUT2D eigenvalue weighted by Crippen LogP contribution is 2.19. The van der Waals surface area contributed by atoms with Gasteiger partial charge in [0.2, 0.25) is 23.5 Å². The zero-order valence-corrected chi connectivity index (χ0v) is 14.5. The molecular formula is C15H18N4O5S. The van der Waals surface area contributed by atoms with Gasteiger partial charge in [-0.25, -0.2) is 13.4 Å². The van der Waals surface area contributed by atoms with Crippen LogP contribution in [0.2, 0.25) is 0 Å². The largest absolute Gasteiger partial charge is 0.478 e. The molecule has 3 rings (SSSR count). The van der Waals surface area contributed by atoms with E-state index < -0.39 is 15.8 Å². The molecule has 0 aromatic carbocycles. The molecule has 0 aliphatic carbocycles. The Labute approximate surface area is 144 Å². The zero-order valence-electron chi connectivity index (χ0n) is 13.6. The van der Waals surface area contributed by atoms with Crippen molar-refractivity contribution < 1.29 is 22.5 Å². The highest BCUT2D eigenvalue weighted by atomic mass is 32.2. The van der Waals surface area contributed by atoms with E-state index in [-0.39, 0.29) is 29.8 Å². The smallest absolute Gasteiger partial charge is 0.246 e. The van der Waals surface area contributed by atoms with Crippen LogP contribution in [0.5, 0.6) is 5.88 Å². The second kappa shape index (κ2) is 7.18. The summed E-state index contributed by atoms with van der Waals surface area (Å²) in [4.78, 5) is 20.3. The van der Waals surface area contributed by atoms with Crippen LogP contribution in [0.25, 0.3) is 11.4 Å². The maximum absolute atomic E-state index is 12.0. The third-order valence-electron chi connectivity index (χ3n) is 3.77. The van der Waals surface area contributed by atoms with Crippen LogP contribution in [0.4, 0.5) is 0 Å². The molecule has 10 heteroatoms. The number of nitrogens with zero attached hydrogens (tertiary/aromatic N) is 3. The van der Waals surface area contributed by atoms with Gasteiger partial charge >= 0.3 is 0 Å². The minimum absolute atomic E-state index is 0.0485. The number of hydrogen-bond acceptors (Lipinski definition) is 8. The second-order valence-electron chi connectivity index (χ2n) is 5.65. The first-order valence-corrected chi connectivity index (χ1v) is 9.69. The molecular weight excluding hydrogens is 348 g/mol. The van der Waals surface area contributed by atoms with Crippen molar-refractivity contribution in [3.05, 3.63) is 24.2 Å².